The topological polar surface area (TPSA) is 78.9 Å². The van der Waals surface area contributed by atoms with Gasteiger partial charge in [0.25, 0.3) is 0 Å². The lowest BCUT2D eigenvalue weighted by atomic mass is 10.0. The van der Waals surface area contributed by atoms with Crippen molar-refractivity contribution in [2.75, 3.05) is 13.2 Å². The van der Waals surface area contributed by atoms with Crippen molar-refractivity contribution in [2.24, 2.45) is 0 Å². The molecule has 422 valence electrons. The van der Waals surface area contributed by atoms with Gasteiger partial charge in [-0.05, 0) is 103 Å². The molecule has 0 radical (unpaired) electrons. The van der Waals surface area contributed by atoms with Crippen molar-refractivity contribution >= 4 is 17.9 Å². The zero-order valence-corrected chi connectivity index (χ0v) is 48.3. The smallest absolute Gasteiger partial charge is 0.306 e. The summed E-state index contributed by atoms with van der Waals surface area (Å²) in [7, 11) is 0. The van der Waals surface area contributed by atoms with E-state index < -0.39 is 6.10 Å². The van der Waals surface area contributed by atoms with Gasteiger partial charge in [-0.3, -0.25) is 14.4 Å². The Bertz CT molecular complexity index is 1510. The van der Waals surface area contributed by atoms with Crippen molar-refractivity contribution < 1.29 is 28.6 Å². The van der Waals surface area contributed by atoms with Gasteiger partial charge in [-0.15, -0.1) is 0 Å². The minimum atomic E-state index is -0.782. The normalized spacial score (nSPS) is 12.9. The van der Waals surface area contributed by atoms with Crippen LogP contribution in [0.25, 0.3) is 0 Å². The molecule has 0 saturated carbocycles. The lowest BCUT2D eigenvalue weighted by molar-refractivity contribution is -0.167. The van der Waals surface area contributed by atoms with Crippen molar-refractivity contribution in [3.05, 3.63) is 109 Å². The molecule has 1 atom stereocenters. The summed E-state index contributed by atoms with van der Waals surface area (Å²) in [6.07, 6.45) is 84.0. The van der Waals surface area contributed by atoms with Crippen LogP contribution in [0.1, 0.15) is 284 Å². The Morgan fingerprint density at radius 1 is 0.284 bits per heavy atom. The van der Waals surface area contributed by atoms with Crippen LogP contribution in [0.4, 0.5) is 0 Å². The monoisotopic (exact) mass is 1030 g/mol. The predicted octanol–water partition coefficient (Wildman–Crippen LogP) is 21.0. The molecule has 0 amide bonds. The average molecular weight is 1030 g/mol. The number of esters is 3. The first kappa shape index (κ1) is 70.1. The first-order valence-electron chi connectivity index (χ1n) is 30.9. The van der Waals surface area contributed by atoms with Crippen LogP contribution in [0.15, 0.2) is 109 Å². The van der Waals surface area contributed by atoms with Crippen molar-refractivity contribution in [1.82, 2.24) is 0 Å². The van der Waals surface area contributed by atoms with Gasteiger partial charge in [0, 0.05) is 19.3 Å². The van der Waals surface area contributed by atoms with Gasteiger partial charge in [-0.1, -0.05) is 271 Å². The van der Waals surface area contributed by atoms with Crippen LogP contribution < -0.4 is 0 Å². The number of carbonyl (C=O) groups excluding carboxylic acids is 3. The summed E-state index contributed by atoms with van der Waals surface area (Å²) in [6, 6.07) is 0. The molecule has 6 nitrogen and oxygen atoms in total. The van der Waals surface area contributed by atoms with Gasteiger partial charge >= 0.3 is 17.9 Å². The number of ether oxygens (including phenoxy) is 3. The van der Waals surface area contributed by atoms with E-state index in [-0.39, 0.29) is 31.1 Å². The Morgan fingerprint density at radius 2 is 0.554 bits per heavy atom. The van der Waals surface area contributed by atoms with Gasteiger partial charge in [0.05, 0.1) is 0 Å². The average Bonchev–Trinajstić information content (AvgIpc) is 3.40. The summed E-state index contributed by atoms with van der Waals surface area (Å²) >= 11 is 0. The Labute approximate surface area is 457 Å². The zero-order valence-electron chi connectivity index (χ0n) is 48.3. The van der Waals surface area contributed by atoms with Gasteiger partial charge in [-0.2, -0.15) is 0 Å². The molecule has 0 aliphatic heterocycles. The van der Waals surface area contributed by atoms with Crippen LogP contribution in [-0.2, 0) is 28.6 Å². The largest absolute Gasteiger partial charge is 0.462 e. The minimum Gasteiger partial charge on any atom is -0.462 e. The highest BCUT2D eigenvalue weighted by Crippen LogP contribution is 2.16. The Morgan fingerprint density at radius 3 is 0.878 bits per heavy atom. The summed E-state index contributed by atoms with van der Waals surface area (Å²) in [5.74, 6) is -0.898. The molecule has 1 unspecified atom stereocenters. The van der Waals surface area contributed by atoms with Gasteiger partial charge in [0.2, 0.25) is 0 Å². The Balaban J connectivity index is 4.05. The number of hydrogen-bond donors (Lipinski definition) is 0. The third-order valence-corrected chi connectivity index (χ3v) is 13.0. The van der Waals surface area contributed by atoms with Gasteiger partial charge in [0.15, 0.2) is 6.10 Å². The minimum absolute atomic E-state index is 0.0814. The highest BCUT2D eigenvalue weighted by atomic mass is 16.6. The van der Waals surface area contributed by atoms with E-state index in [9.17, 15) is 14.4 Å². The maximum atomic E-state index is 12.8. The summed E-state index contributed by atoms with van der Waals surface area (Å²) in [5.41, 5.74) is 0. The van der Waals surface area contributed by atoms with Crippen LogP contribution in [0.2, 0.25) is 0 Å². The summed E-state index contributed by atoms with van der Waals surface area (Å²) in [5, 5.41) is 0. The van der Waals surface area contributed by atoms with Crippen molar-refractivity contribution in [3.8, 4) is 0 Å². The highest BCUT2D eigenvalue weighted by Gasteiger charge is 2.19. The molecular formula is C68H114O6. The quantitative estimate of drug-likeness (QED) is 0.0261. The number of hydrogen-bond acceptors (Lipinski definition) is 6. The molecule has 0 spiro atoms. The maximum absolute atomic E-state index is 12.8. The molecule has 0 N–H and O–H groups in total. The van der Waals surface area contributed by atoms with E-state index >= 15 is 0 Å². The van der Waals surface area contributed by atoms with Crippen LogP contribution in [0.3, 0.4) is 0 Å². The molecule has 0 heterocycles. The fraction of sp³-hybridized carbons (Fsp3) is 0.691. The standard InChI is InChI=1S/C68H114O6/c1-4-7-10-13-16-19-21-23-24-25-26-27-28-29-30-31-32-33-34-35-36-37-38-39-40-41-42-43-44-46-47-49-52-55-58-61-67(70)73-64-65(63-72-66(69)60-57-54-51-18-15-12-9-6-3)74-68(71)62-59-56-53-50-48-45-22-20-17-14-11-8-5-2/h7,10-11,14,16,19-20,22-24,26-27,29-30,32-33,35-36,65H,4-6,8-9,12-13,15,17-18,21,25,28,31,34,37-64H2,1-3H3/b10-7-,14-11-,19-16-,22-20-,24-23-,27-26-,30-29-,33-32-,36-35-. The van der Waals surface area contributed by atoms with E-state index in [2.05, 4.69) is 130 Å². The second-order valence-corrected chi connectivity index (χ2v) is 20.2. The van der Waals surface area contributed by atoms with Crippen molar-refractivity contribution in [1.29, 1.82) is 0 Å². The van der Waals surface area contributed by atoms with E-state index in [1.54, 1.807) is 0 Å². The van der Waals surface area contributed by atoms with Crippen LogP contribution in [0.5, 0.6) is 0 Å². The molecule has 0 fully saturated rings. The highest BCUT2D eigenvalue weighted by molar-refractivity contribution is 5.71. The van der Waals surface area contributed by atoms with Gasteiger partial charge in [0.1, 0.15) is 13.2 Å². The summed E-state index contributed by atoms with van der Waals surface area (Å²) in [6.45, 7) is 6.42. The first-order chi connectivity index (χ1) is 36.5. The van der Waals surface area contributed by atoms with Gasteiger partial charge in [-0.25, -0.2) is 0 Å². The summed E-state index contributed by atoms with van der Waals surface area (Å²) < 4.78 is 16.8. The second-order valence-electron chi connectivity index (χ2n) is 20.2. The third kappa shape index (κ3) is 59.0. The Kier molecular flexibility index (Phi) is 58.3. The van der Waals surface area contributed by atoms with Crippen LogP contribution in [0, 0.1) is 0 Å². The number of unbranched alkanes of at least 4 members (excludes halogenated alkanes) is 26. The number of carbonyl (C=O) groups is 3. The fourth-order valence-electron chi connectivity index (χ4n) is 8.40. The van der Waals surface area contributed by atoms with Crippen molar-refractivity contribution in [2.45, 2.75) is 290 Å². The molecule has 0 saturated heterocycles. The molecule has 6 heteroatoms. The Hall–Kier alpha value is -3.93. The number of rotatable bonds is 55. The van der Waals surface area contributed by atoms with E-state index in [0.29, 0.717) is 19.3 Å². The van der Waals surface area contributed by atoms with E-state index in [4.69, 9.17) is 14.2 Å². The summed E-state index contributed by atoms with van der Waals surface area (Å²) in [4.78, 5) is 38.0. The second kappa shape index (κ2) is 61.6. The van der Waals surface area contributed by atoms with E-state index in [0.717, 1.165) is 135 Å². The molecule has 0 bridgehead atoms. The van der Waals surface area contributed by atoms with E-state index in [1.165, 1.54) is 109 Å². The maximum Gasteiger partial charge on any atom is 0.306 e. The molecule has 0 aromatic carbocycles. The van der Waals surface area contributed by atoms with Crippen molar-refractivity contribution in [3.63, 3.8) is 0 Å². The molecule has 0 aromatic rings. The third-order valence-electron chi connectivity index (χ3n) is 13.0. The molecule has 0 rings (SSSR count). The number of allylic oxidation sites excluding steroid dienone is 18. The lowest BCUT2D eigenvalue weighted by Gasteiger charge is -2.18. The fourth-order valence-corrected chi connectivity index (χ4v) is 8.40. The first-order valence-corrected chi connectivity index (χ1v) is 30.9. The molecular weight excluding hydrogens is 913 g/mol. The molecule has 0 aromatic heterocycles. The molecule has 74 heavy (non-hydrogen) atoms. The van der Waals surface area contributed by atoms with E-state index in [1.807, 2.05) is 0 Å². The SMILES string of the molecule is CC/C=C\C/C=C\C/C=C\C/C=C\C/C=C\C/C=C\C/C=C\CCCCCCCCCCCCCCCC(=O)OCC(COC(=O)CCCCCCCCCC)OC(=O)CCCCCCC/C=C\C/C=C\CCC. The predicted molar refractivity (Wildman–Crippen MR) is 320 cm³/mol. The molecule has 0 aliphatic rings. The van der Waals surface area contributed by atoms with Crippen LogP contribution in [-0.4, -0.2) is 37.2 Å². The lowest BCUT2D eigenvalue weighted by Crippen LogP contribution is -2.30. The van der Waals surface area contributed by atoms with Gasteiger partial charge < -0.3 is 14.2 Å². The zero-order chi connectivity index (χ0) is 53.6. The van der Waals surface area contributed by atoms with Crippen LogP contribution >= 0.6 is 0 Å². The molecule has 0 aliphatic carbocycles.